The average Bonchev–Trinajstić information content (AvgIpc) is 2.71. The van der Waals surface area contributed by atoms with E-state index in [0.29, 0.717) is 26.2 Å². The number of hydrogen-bond acceptors (Lipinski definition) is 6. The summed E-state index contributed by atoms with van der Waals surface area (Å²) in [4.78, 5) is 23.3. The number of carboxylic acid groups (broad SMARTS) is 1. The molecule has 2 unspecified atom stereocenters. The number of carbonyl (C=O) groups excluding carboxylic acids is 1. The lowest BCUT2D eigenvalue weighted by Gasteiger charge is -2.31. The molecule has 0 aromatic heterocycles. The van der Waals surface area contributed by atoms with Gasteiger partial charge in [-0.2, -0.15) is 0 Å². The van der Waals surface area contributed by atoms with Crippen molar-refractivity contribution < 1.29 is 33.6 Å². The van der Waals surface area contributed by atoms with Gasteiger partial charge in [-0.25, -0.2) is 9.59 Å². The highest BCUT2D eigenvalue weighted by Crippen LogP contribution is 2.22. The second-order valence-corrected chi connectivity index (χ2v) is 6.81. The van der Waals surface area contributed by atoms with Crippen molar-refractivity contribution in [3.05, 3.63) is 35.9 Å². The average molecular weight is 395 g/mol. The van der Waals surface area contributed by atoms with Gasteiger partial charge < -0.3 is 29.4 Å². The van der Waals surface area contributed by atoms with Crippen LogP contribution in [0.15, 0.2) is 30.3 Å². The van der Waals surface area contributed by atoms with E-state index >= 15 is 0 Å². The number of nitrogens with one attached hydrogen (secondary N) is 1. The number of benzene rings is 1. The van der Waals surface area contributed by atoms with Crippen molar-refractivity contribution in [1.29, 1.82) is 0 Å². The standard InChI is InChI=1S/C20H29NO7/c1-14-18(27-10-6-9-25-2)16(11-15-7-4-3-5-8-15)12-26-13-17(19(22)28-14)21-20(23)24/h3-5,7-8,14,16-18,21H,6,9-13H2,1-2H3,(H,23,24)/t14?,16-,17-,18?/m0/s1. The van der Waals surface area contributed by atoms with Crippen molar-refractivity contribution >= 4 is 12.1 Å². The third-order valence-corrected chi connectivity index (χ3v) is 4.57. The molecule has 4 atom stereocenters. The van der Waals surface area contributed by atoms with Crippen molar-refractivity contribution in [3.8, 4) is 0 Å². The van der Waals surface area contributed by atoms with Gasteiger partial charge in [-0.3, -0.25) is 0 Å². The number of methoxy groups -OCH3 is 1. The van der Waals surface area contributed by atoms with Crippen LogP contribution in [0.1, 0.15) is 18.9 Å². The Hall–Kier alpha value is -2.16. The maximum atomic E-state index is 12.3. The minimum Gasteiger partial charge on any atom is -0.465 e. The second kappa shape index (κ2) is 11.6. The van der Waals surface area contributed by atoms with Crippen LogP contribution in [0.25, 0.3) is 0 Å². The lowest BCUT2D eigenvalue weighted by Crippen LogP contribution is -2.46. The molecule has 1 fully saturated rings. The zero-order chi connectivity index (χ0) is 20.4. The van der Waals surface area contributed by atoms with Crippen LogP contribution in [0.3, 0.4) is 0 Å². The predicted octanol–water partition coefficient (Wildman–Crippen LogP) is 1.87. The zero-order valence-electron chi connectivity index (χ0n) is 16.3. The van der Waals surface area contributed by atoms with E-state index in [9.17, 15) is 9.59 Å². The van der Waals surface area contributed by atoms with E-state index in [2.05, 4.69) is 5.32 Å². The Kier molecular flexibility index (Phi) is 9.19. The van der Waals surface area contributed by atoms with Crippen molar-refractivity contribution in [2.45, 2.75) is 38.0 Å². The molecule has 0 radical (unpaired) electrons. The fourth-order valence-electron chi connectivity index (χ4n) is 3.25. The van der Waals surface area contributed by atoms with Gasteiger partial charge in [0.2, 0.25) is 0 Å². The van der Waals surface area contributed by atoms with E-state index < -0.39 is 24.2 Å². The van der Waals surface area contributed by atoms with Crippen LogP contribution in [-0.4, -0.2) is 69.0 Å². The number of carbonyl (C=O) groups is 2. The van der Waals surface area contributed by atoms with Crippen molar-refractivity contribution in [3.63, 3.8) is 0 Å². The van der Waals surface area contributed by atoms with Gasteiger partial charge in [-0.05, 0) is 25.3 Å². The Balaban J connectivity index is 2.14. The number of esters is 1. The Labute approximate surface area is 165 Å². The molecule has 2 rings (SSSR count). The SMILES string of the molecule is COCCCOC1C(C)OC(=O)[C@@H](NC(=O)O)COC[C@@H]1Cc1ccccc1. The fraction of sp³-hybridized carbons (Fsp3) is 0.600. The molecule has 1 saturated heterocycles. The van der Waals surface area contributed by atoms with Gasteiger partial charge in [0.1, 0.15) is 6.10 Å². The molecule has 8 heteroatoms. The summed E-state index contributed by atoms with van der Waals surface area (Å²) in [5.74, 6) is -0.725. The van der Waals surface area contributed by atoms with E-state index in [1.807, 2.05) is 30.3 Å². The Morgan fingerprint density at radius 2 is 2.00 bits per heavy atom. The molecule has 0 saturated carbocycles. The molecule has 0 aliphatic carbocycles. The maximum Gasteiger partial charge on any atom is 0.405 e. The molecule has 28 heavy (non-hydrogen) atoms. The molecule has 0 spiro atoms. The minimum absolute atomic E-state index is 0.0590. The van der Waals surface area contributed by atoms with E-state index in [0.717, 1.165) is 12.0 Å². The summed E-state index contributed by atoms with van der Waals surface area (Å²) >= 11 is 0. The van der Waals surface area contributed by atoms with Gasteiger partial charge in [0, 0.05) is 26.2 Å². The highest BCUT2D eigenvalue weighted by Gasteiger charge is 2.35. The first-order valence-corrected chi connectivity index (χ1v) is 9.43. The molecule has 1 heterocycles. The maximum absolute atomic E-state index is 12.3. The molecule has 156 valence electrons. The first-order valence-electron chi connectivity index (χ1n) is 9.43. The molecule has 1 aliphatic rings. The lowest BCUT2D eigenvalue weighted by atomic mass is 9.91. The van der Waals surface area contributed by atoms with Gasteiger partial charge in [-0.15, -0.1) is 0 Å². The van der Waals surface area contributed by atoms with Crippen LogP contribution in [0.5, 0.6) is 0 Å². The molecule has 0 bridgehead atoms. The summed E-state index contributed by atoms with van der Waals surface area (Å²) < 4.78 is 22.3. The number of hydrogen-bond donors (Lipinski definition) is 2. The van der Waals surface area contributed by atoms with Crippen LogP contribution in [-0.2, 0) is 30.2 Å². The van der Waals surface area contributed by atoms with Gasteiger partial charge >= 0.3 is 12.1 Å². The number of ether oxygens (including phenoxy) is 4. The first-order chi connectivity index (χ1) is 13.5. The molecule has 2 N–H and O–H groups in total. The lowest BCUT2D eigenvalue weighted by molar-refractivity contribution is -0.160. The van der Waals surface area contributed by atoms with Crippen molar-refractivity contribution in [2.75, 3.05) is 33.5 Å². The zero-order valence-corrected chi connectivity index (χ0v) is 16.3. The van der Waals surface area contributed by atoms with Gasteiger partial charge in [0.05, 0.1) is 19.3 Å². The Bertz CT molecular complexity index is 610. The van der Waals surface area contributed by atoms with Crippen LogP contribution >= 0.6 is 0 Å². The van der Waals surface area contributed by atoms with Crippen molar-refractivity contribution in [2.24, 2.45) is 5.92 Å². The topological polar surface area (TPSA) is 103 Å². The Morgan fingerprint density at radius 3 is 2.68 bits per heavy atom. The van der Waals surface area contributed by atoms with E-state index in [4.69, 9.17) is 24.1 Å². The number of amides is 1. The molecule has 1 aromatic rings. The smallest absolute Gasteiger partial charge is 0.405 e. The van der Waals surface area contributed by atoms with Crippen LogP contribution in [0.4, 0.5) is 4.79 Å². The molecule has 1 aromatic carbocycles. The molecule has 1 aliphatic heterocycles. The molecule has 8 nitrogen and oxygen atoms in total. The van der Waals surface area contributed by atoms with E-state index in [1.165, 1.54) is 0 Å². The van der Waals surface area contributed by atoms with Gasteiger partial charge in [-0.1, -0.05) is 30.3 Å². The minimum atomic E-state index is -1.30. The molecule has 1 amide bonds. The van der Waals surface area contributed by atoms with E-state index in [1.54, 1.807) is 14.0 Å². The highest BCUT2D eigenvalue weighted by molar-refractivity contribution is 5.81. The number of rotatable bonds is 8. The summed E-state index contributed by atoms with van der Waals surface area (Å²) in [6.07, 6.45) is -0.830. The Morgan fingerprint density at radius 1 is 1.25 bits per heavy atom. The quantitative estimate of drug-likeness (QED) is 0.511. The summed E-state index contributed by atoms with van der Waals surface area (Å²) in [7, 11) is 1.63. The van der Waals surface area contributed by atoms with Gasteiger partial charge in [0.15, 0.2) is 6.04 Å². The summed E-state index contributed by atoms with van der Waals surface area (Å²) in [5.41, 5.74) is 1.12. The third kappa shape index (κ3) is 7.10. The normalized spacial score (nSPS) is 25.9. The third-order valence-electron chi connectivity index (χ3n) is 4.57. The monoisotopic (exact) mass is 395 g/mol. The van der Waals surface area contributed by atoms with Crippen LogP contribution in [0.2, 0.25) is 0 Å². The summed E-state index contributed by atoms with van der Waals surface area (Å²) in [6, 6.07) is 8.88. The number of cyclic esters (lactones) is 1. The largest absolute Gasteiger partial charge is 0.465 e. The van der Waals surface area contributed by atoms with Gasteiger partial charge in [0.25, 0.3) is 0 Å². The molecular formula is C20H29NO7. The highest BCUT2D eigenvalue weighted by atomic mass is 16.6. The fourth-order valence-corrected chi connectivity index (χ4v) is 3.25. The van der Waals surface area contributed by atoms with Crippen molar-refractivity contribution in [1.82, 2.24) is 5.32 Å². The predicted molar refractivity (Wildman–Crippen MR) is 101 cm³/mol. The van der Waals surface area contributed by atoms with Crippen LogP contribution in [0, 0.1) is 5.92 Å². The molecular weight excluding hydrogens is 366 g/mol. The first kappa shape index (κ1) is 22.1. The van der Waals surface area contributed by atoms with E-state index in [-0.39, 0.29) is 18.6 Å². The summed E-state index contributed by atoms with van der Waals surface area (Å²) in [6.45, 7) is 3.04. The second-order valence-electron chi connectivity index (χ2n) is 6.81. The van der Waals surface area contributed by atoms with Crippen LogP contribution < -0.4 is 5.32 Å². The summed E-state index contributed by atoms with van der Waals surface area (Å²) in [5, 5.41) is 11.1.